The van der Waals surface area contributed by atoms with Crippen molar-refractivity contribution in [3.05, 3.63) is 48.4 Å². The molecule has 0 radical (unpaired) electrons. The van der Waals surface area contributed by atoms with Crippen LogP contribution < -0.4 is 4.74 Å². The zero-order chi connectivity index (χ0) is 15.8. The second kappa shape index (κ2) is 5.36. The van der Waals surface area contributed by atoms with E-state index >= 15 is 0 Å². The number of methoxy groups -OCH3 is 1. The van der Waals surface area contributed by atoms with Gasteiger partial charge in [0, 0.05) is 11.6 Å². The van der Waals surface area contributed by atoms with Gasteiger partial charge in [-0.15, -0.1) is 0 Å². The summed E-state index contributed by atoms with van der Waals surface area (Å²) in [6.07, 6.45) is 1.69. The third kappa shape index (κ3) is 2.51. The number of benzene rings is 1. The number of nitrogens with zero attached hydrogens (tertiary/aromatic N) is 2. The Kier molecular flexibility index (Phi) is 3.20. The highest BCUT2D eigenvalue weighted by Crippen LogP contribution is 2.32. The topological polar surface area (TPSA) is 74.5 Å². The second-order valence-electron chi connectivity index (χ2n) is 4.71. The van der Waals surface area contributed by atoms with Crippen LogP contribution in [0.5, 0.6) is 10.9 Å². The van der Waals surface area contributed by atoms with Crippen molar-refractivity contribution in [1.82, 2.24) is 9.97 Å². The predicted molar refractivity (Wildman–Crippen MR) is 85.0 cm³/mol. The molecular formula is C16H10N2O4S. The third-order valence-electron chi connectivity index (χ3n) is 3.22. The number of furan rings is 1. The van der Waals surface area contributed by atoms with Crippen molar-refractivity contribution in [2.24, 2.45) is 0 Å². The first-order valence-electron chi connectivity index (χ1n) is 6.74. The fourth-order valence-corrected chi connectivity index (χ4v) is 2.97. The van der Waals surface area contributed by atoms with Crippen LogP contribution in [0.2, 0.25) is 0 Å². The summed E-state index contributed by atoms with van der Waals surface area (Å²) >= 11 is 1.42. The van der Waals surface area contributed by atoms with Crippen LogP contribution in [0.15, 0.2) is 47.0 Å². The Balaban J connectivity index is 1.67. The van der Waals surface area contributed by atoms with Crippen LogP contribution >= 0.6 is 11.3 Å². The molecule has 1 aromatic carbocycles. The van der Waals surface area contributed by atoms with Gasteiger partial charge in [0.05, 0.1) is 11.8 Å². The molecule has 0 fully saturated rings. The molecule has 0 N–H and O–H groups in total. The Morgan fingerprint density at radius 3 is 3.00 bits per heavy atom. The van der Waals surface area contributed by atoms with Gasteiger partial charge in [0.15, 0.2) is 5.65 Å². The molecule has 0 saturated carbocycles. The number of hydrogen-bond donors (Lipinski definition) is 0. The first-order valence-corrected chi connectivity index (χ1v) is 7.56. The van der Waals surface area contributed by atoms with Gasteiger partial charge in [-0.2, -0.15) is 4.98 Å². The van der Waals surface area contributed by atoms with E-state index in [1.165, 1.54) is 18.4 Å². The van der Waals surface area contributed by atoms with E-state index < -0.39 is 5.97 Å². The monoisotopic (exact) mass is 326 g/mol. The van der Waals surface area contributed by atoms with E-state index in [0.29, 0.717) is 22.2 Å². The Bertz CT molecular complexity index is 988. The number of thiazole rings is 1. The number of aromatic nitrogens is 2. The number of esters is 1. The predicted octanol–water partition coefficient (Wildman–Crippen LogP) is 4.02. The van der Waals surface area contributed by atoms with Gasteiger partial charge in [0.25, 0.3) is 5.19 Å². The van der Waals surface area contributed by atoms with Crippen molar-refractivity contribution in [3.63, 3.8) is 0 Å². The van der Waals surface area contributed by atoms with Gasteiger partial charge < -0.3 is 13.9 Å². The van der Waals surface area contributed by atoms with E-state index in [2.05, 4.69) is 14.7 Å². The molecule has 0 atom stereocenters. The van der Waals surface area contributed by atoms with Crippen molar-refractivity contribution in [3.8, 4) is 10.9 Å². The summed E-state index contributed by atoms with van der Waals surface area (Å²) in [5.74, 6) is 0.249. The third-order valence-corrected chi connectivity index (χ3v) is 4.11. The number of pyridine rings is 1. The average molecular weight is 326 g/mol. The molecule has 3 aromatic heterocycles. The number of hydrogen-bond acceptors (Lipinski definition) is 7. The lowest BCUT2D eigenvalue weighted by Crippen LogP contribution is -1.97. The van der Waals surface area contributed by atoms with Crippen molar-refractivity contribution >= 4 is 38.6 Å². The van der Waals surface area contributed by atoms with Gasteiger partial charge in [-0.1, -0.05) is 11.3 Å². The minimum Gasteiger partial charge on any atom is -0.463 e. The lowest BCUT2D eigenvalue weighted by molar-refractivity contribution is 0.0567. The van der Waals surface area contributed by atoms with Crippen LogP contribution in [0.25, 0.3) is 21.3 Å². The fraction of sp³-hybridized carbons (Fsp3) is 0.0625. The molecule has 23 heavy (non-hydrogen) atoms. The molecule has 4 rings (SSSR count). The van der Waals surface area contributed by atoms with E-state index in [4.69, 9.17) is 9.15 Å². The van der Waals surface area contributed by atoms with E-state index in [9.17, 15) is 4.79 Å². The molecule has 114 valence electrons. The maximum absolute atomic E-state index is 11.5. The minimum absolute atomic E-state index is 0.156. The molecule has 0 aliphatic rings. The molecule has 3 heterocycles. The van der Waals surface area contributed by atoms with Crippen LogP contribution in [-0.4, -0.2) is 23.0 Å². The molecule has 4 aromatic rings. The number of carbonyl (C=O) groups is 1. The molecule has 0 aliphatic carbocycles. The van der Waals surface area contributed by atoms with E-state index in [0.717, 1.165) is 10.1 Å². The normalized spacial score (nSPS) is 11.0. The summed E-state index contributed by atoms with van der Waals surface area (Å²) < 4.78 is 16.8. The van der Waals surface area contributed by atoms with E-state index in [1.54, 1.807) is 30.5 Å². The quantitative estimate of drug-likeness (QED) is 0.529. The van der Waals surface area contributed by atoms with Crippen molar-refractivity contribution in [2.45, 2.75) is 0 Å². The van der Waals surface area contributed by atoms with Crippen LogP contribution in [0.4, 0.5) is 0 Å². The maximum atomic E-state index is 11.5. The lowest BCUT2D eigenvalue weighted by Gasteiger charge is -2.00. The molecule has 0 amide bonds. The van der Waals surface area contributed by atoms with Gasteiger partial charge >= 0.3 is 5.97 Å². The Morgan fingerprint density at radius 2 is 2.17 bits per heavy atom. The van der Waals surface area contributed by atoms with Crippen molar-refractivity contribution in [1.29, 1.82) is 0 Å². The highest BCUT2D eigenvalue weighted by molar-refractivity contribution is 7.20. The van der Waals surface area contributed by atoms with Crippen LogP contribution in [0.1, 0.15) is 10.6 Å². The van der Waals surface area contributed by atoms with Gasteiger partial charge in [-0.3, -0.25) is 0 Å². The molecule has 0 unspecified atom stereocenters. The first-order chi connectivity index (χ1) is 11.2. The summed E-state index contributed by atoms with van der Waals surface area (Å²) in [6.45, 7) is 0. The first kappa shape index (κ1) is 13.7. The number of carbonyl (C=O) groups excluding carboxylic acids is 1. The van der Waals surface area contributed by atoms with Crippen molar-refractivity contribution < 1.29 is 18.7 Å². The molecule has 7 heteroatoms. The fourth-order valence-electron chi connectivity index (χ4n) is 2.18. The summed E-state index contributed by atoms with van der Waals surface area (Å²) in [6, 6.07) is 10.7. The Labute approximate surface area is 134 Å². The molecule has 0 spiro atoms. The standard InChI is InChI=1S/C16H10N2O4S/c1-20-15(19)12-8-9-7-10(4-5-11(9)22-12)21-16-18-14-13(23-16)3-2-6-17-14/h2-8H,1H3. The smallest absolute Gasteiger partial charge is 0.373 e. The SMILES string of the molecule is COC(=O)c1cc2cc(Oc3nc4ncccc4s3)ccc2o1. The van der Waals surface area contributed by atoms with E-state index in [-0.39, 0.29) is 5.76 Å². The molecular weight excluding hydrogens is 316 g/mol. The van der Waals surface area contributed by atoms with Crippen LogP contribution in [0.3, 0.4) is 0 Å². The summed E-state index contributed by atoms with van der Waals surface area (Å²) in [4.78, 5) is 20.0. The zero-order valence-electron chi connectivity index (χ0n) is 12.0. The number of ether oxygens (including phenoxy) is 2. The second-order valence-corrected chi connectivity index (χ2v) is 5.70. The van der Waals surface area contributed by atoms with Gasteiger partial charge in [-0.05, 0) is 36.4 Å². The van der Waals surface area contributed by atoms with Gasteiger partial charge in [0.1, 0.15) is 11.3 Å². The van der Waals surface area contributed by atoms with Crippen LogP contribution in [-0.2, 0) is 4.74 Å². The van der Waals surface area contributed by atoms with Crippen molar-refractivity contribution in [2.75, 3.05) is 7.11 Å². The maximum Gasteiger partial charge on any atom is 0.373 e. The van der Waals surface area contributed by atoms with Gasteiger partial charge in [0.2, 0.25) is 5.76 Å². The lowest BCUT2D eigenvalue weighted by atomic mass is 10.2. The van der Waals surface area contributed by atoms with Gasteiger partial charge in [-0.25, -0.2) is 9.78 Å². The van der Waals surface area contributed by atoms with Crippen LogP contribution in [0, 0.1) is 0 Å². The number of rotatable bonds is 3. The minimum atomic E-state index is -0.513. The summed E-state index contributed by atoms with van der Waals surface area (Å²) in [5.41, 5.74) is 1.24. The zero-order valence-corrected chi connectivity index (χ0v) is 12.8. The highest BCUT2D eigenvalue weighted by Gasteiger charge is 2.13. The Hall–Kier alpha value is -2.93. The average Bonchev–Trinajstić information content (AvgIpc) is 3.16. The summed E-state index contributed by atoms with van der Waals surface area (Å²) in [7, 11) is 1.31. The molecule has 0 saturated heterocycles. The number of fused-ring (bicyclic) bond motifs is 2. The Morgan fingerprint density at radius 1 is 1.26 bits per heavy atom. The van der Waals surface area contributed by atoms with E-state index in [1.807, 2.05) is 12.1 Å². The largest absolute Gasteiger partial charge is 0.463 e. The highest BCUT2D eigenvalue weighted by atomic mass is 32.1. The molecule has 6 nitrogen and oxygen atoms in total. The molecule has 0 bridgehead atoms. The molecule has 0 aliphatic heterocycles. The summed E-state index contributed by atoms with van der Waals surface area (Å²) in [5, 5.41) is 1.26.